The molecule has 23 heavy (non-hydrogen) atoms. The van der Waals surface area contributed by atoms with Crippen molar-refractivity contribution in [3.05, 3.63) is 60.1 Å². The summed E-state index contributed by atoms with van der Waals surface area (Å²) >= 11 is 0. The van der Waals surface area contributed by atoms with E-state index in [1.165, 1.54) is 0 Å². The Hall–Kier alpha value is -2.11. The fourth-order valence-electron chi connectivity index (χ4n) is 2.23. The standard InChI is InChI=1S/C18H24N2O3/c1-14(23-13-15-8-5-4-6-9-15)18(21)19-12-16(20(2)3)17-10-7-11-22-17/h4-11,14,16H,12-13H2,1-3H3,(H,19,21)/t14-,16+/m1/s1. The van der Waals surface area contributed by atoms with Crippen LogP contribution in [0, 0.1) is 0 Å². The van der Waals surface area contributed by atoms with Crippen LogP contribution in [0.1, 0.15) is 24.3 Å². The molecule has 0 aliphatic carbocycles. The zero-order valence-electron chi connectivity index (χ0n) is 13.9. The van der Waals surface area contributed by atoms with E-state index >= 15 is 0 Å². The van der Waals surface area contributed by atoms with Crippen LogP contribution in [0.25, 0.3) is 0 Å². The van der Waals surface area contributed by atoms with E-state index in [-0.39, 0.29) is 11.9 Å². The Morgan fingerprint density at radius 2 is 1.96 bits per heavy atom. The zero-order chi connectivity index (χ0) is 16.7. The van der Waals surface area contributed by atoms with Crippen LogP contribution < -0.4 is 5.32 Å². The van der Waals surface area contributed by atoms with Gasteiger partial charge in [0.05, 0.1) is 18.9 Å². The van der Waals surface area contributed by atoms with Gasteiger partial charge < -0.3 is 14.5 Å². The molecule has 124 valence electrons. The summed E-state index contributed by atoms with van der Waals surface area (Å²) in [5.74, 6) is 0.701. The minimum absolute atomic E-state index is 0.00438. The average Bonchev–Trinajstić information content (AvgIpc) is 3.07. The number of nitrogens with one attached hydrogen (secondary N) is 1. The third-order valence-corrected chi connectivity index (χ3v) is 3.68. The summed E-state index contributed by atoms with van der Waals surface area (Å²) in [6.07, 6.45) is 1.13. The first-order chi connectivity index (χ1) is 11.1. The quantitative estimate of drug-likeness (QED) is 0.813. The highest BCUT2D eigenvalue weighted by Gasteiger charge is 2.20. The third kappa shape index (κ3) is 5.23. The highest BCUT2D eigenvalue weighted by molar-refractivity contribution is 5.80. The van der Waals surface area contributed by atoms with E-state index in [4.69, 9.17) is 9.15 Å². The summed E-state index contributed by atoms with van der Waals surface area (Å²) in [5, 5.41) is 2.92. The topological polar surface area (TPSA) is 54.7 Å². The Morgan fingerprint density at radius 1 is 1.22 bits per heavy atom. The number of rotatable bonds is 8. The number of likely N-dealkylation sites (N-methyl/N-ethyl adjacent to an activating group) is 1. The van der Waals surface area contributed by atoms with Gasteiger partial charge in [-0.2, -0.15) is 0 Å². The minimum atomic E-state index is -0.505. The first-order valence-electron chi connectivity index (χ1n) is 7.71. The normalized spacial score (nSPS) is 13.7. The van der Waals surface area contributed by atoms with Crippen LogP contribution in [0.2, 0.25) is 0 Å². The number of hydrogen-bond acceptors (Lipinski definition) is 4. The Morgan fingerprint density at radius 3 is 2.57 bits per heavy atom. The van der Waals surface area contributed by atoms with Crippen molar-refractivity contribution in [2.75, 3.05) is 20.6 Å². The lowest BCUT2D eigenvalue weighted by molar-refractivity contribution is -0.132. The summed E-state index contributed by atoms with van der Waals surface area (Å²) in [6.45, 7) is 2.65. The van der Waals surface area contributed by atoms with Crippen LogP contribution in [-0.2, 0) is 16.1 Å². The maximum absolute atomic E-state index is 12.2. The number of benzene rings is 1. The Kier molecular flexibility index (Phi) is 6.38. The largest absolute Gasteiger partial charge is 0.468 e. The van der Waals surface area contributed by atoms with Gasteiger partial charge in [0.25, 0.3) is 0 Å². The fraction of sp³-hybridized carbons (Fsp3) is 0.389. The summed E-state index contributed by atoms with van der Waals surface area (Å²) in [4.78, 5) is 14.2. The Labute approximate surface area is 137 Å². The Bertz CT molecular complexity index is 582. The molecule has 0 bridgehead atoms. The van der Waals surface area contributed by atoms with Gasteiger partial charge in [0, 0.05) is 6.54 Å². The third-order valence-electron chi connectivity index (χ3n) is 3.68. The van der Waals surface area contributed by atoms with Crippen molar-refractivity contribution in [2.24, 2.45) is 0 Å². The molecule has 2 aromatic rings. The van der Waals surface area contributed by atoms with Gasteiger partial charge in [0.15, 0.2) is 0 Å². The van der Waals surface area contributed by atoms with Crippen molar-refractivity contribution in [3.8, 4) is 0 Å². The predicted molar refractivity (Wildman–Crippen MR) is 88.8 cm³/mol. The molecular weight excluding hydrogens is 292 g/mol. The second kappa shape index (κ2) is 8.50. The molecule has 1 heterocycles. The fourth-order valence-corrected chi connectivity index (χ4v) is 2.23. The van der Waals surface area contributed by atoms with Gasteiger partial charge in [-0.05, 0) is 38.7 Å². The van der Waals surface area contributed by atoms with E-state index in [2.05, 4.69) is 5.32 Å². The van der Waals surface area contributed by atoms with Crippen molar-refractivity contribution in [1.82, 2.24) is 10.2 Å². The van der Waals surface area contributed by atoms with Crippen LogP contribution in [0.5, 0.6) is 0 Å². The number of furan rings is 1. The molecule has 0 aliphatic rings. The summed E-state index contributed by atoms with van der Waals surface area (Å²) in [6, 6.07) is 13.6. The summed E-state index contributed by atoms with van der Waals surface area (Å²) < 4.78 is 11.1. The SMILES string of the molecule is C[C@@H](OCc1ccccc1)C(=O)NC[C@@H](c1ccco1)N(C)C. The first kappa shape index (κ1) is 17.2. The van der Waals surface area contributed by atoms with Gasteiger partial charge in [-0.1, -0.05) is 30.3 Å². The van der Waals surface area contributed by atoms with Gasteiger partial charge in [-0.3, -0.25) is 9.69 Å². The first-order valence-corrected chi connectivity index (χ1v) is 7.71. The van der Waals surface area contributed by atoms with Crippen LogP contribution in [0.15, 0.2) is 53.1 Å². The highest BCUT2D eigenvalue weighted by Crippen LogP contribution is 2.17. The van der Waals surface area contributed by atoms with Crippen LogP contribution >= 0.6 is 0 Å². The number of ether oxygens (including phenoxy) is 1. The molecule has 1 amide bonds. The molecule has 0 radical (unpaired) electrons. The van der Waals surface area contributed by atoms with Crippen molar-refractivity contribution >= 4 is 5.91 Å². The molecule has 1 aromatic carbocycles. The molecule has 0 saturated carbocycles. The molecule has 1 N–H and O–H groups in total. The molecule has 0 aliphatic heterocycles. The van der Waals surface area contributed by atoms with E-state index in [0.29, 0.717) is 13.2 Å². The van der Waals surface area contributed by atoms with Gasteiger partial charge in [-0.15, -0.1) is 0 Å². The minimum Gasteiger partial charge on any atom is -0.468 e. The molecule has 0 unspecified atom stereocenters. The summed E-state index contributed by atoms with van der Waals surface area (Å²) in [5.41, 5.74) is 1.05. The van der Waals surface area contributed by atoms with Gasteiger partial charge in [0.1, 0.15) is 11.9 Å². The van der Waals surface area contributed by atoms with E-state index < -0.39 is 6.10 Å². The molecule has 2 rings (SSSR count). The molecule has 2 atom stereocenters. The van der Waals surface area contributed by atoms with E-state index in [1.807, 2.05) is 61.5 Å². The highest BCUT2D eigenvalue weighted by atomic mass is 16.5. The van der Waals surface area contributed by atoms with Crippen LogP contribution in [0.4, 0.5) is 0 Å². The molecule has 5 heteroatoms. The van der Waals surface area contributed by atoms with Crippen molar-refractivity contribution in [2.45, 2.75) is 25.7 Å². The van der Waals surface area contributed by atoms with Crippen molar-refractivity contribution in [1.29, 1.82) is 0 Å². The number of hydrogen-bond donors (Lipinski definition) is 1. The average molecular weight is 316 g/mol. The van der Waals surface area contributed by atoms with Gasteiger partial charge >= 0.3 is 0 Å². The lowest BCUT2D eigenvalue weighted by atomic mass is 10.2. The molecule has 0 saturated heterocycles. The van der Waals surface area contributed by atoms with E-state index in [0.717, 1.165) is 11.3 Å². The number of carbonyl (C=O) groups is 1. The van der Waals surface area contributed by atoms with E-state index in [9.17, 15) is 4.79 Å². The molecule has 5 nitrogen and oxygen atoms in total. The van der Waals surface area contributed by atoms with Gasteiger partial charge in [-0.25, -0.2) is 0 Å². The predicted octanol–water partition coefficient (Wildman–Crippen LogP) is 2.60. The van der Waals surface area contributed by atoms with Gasteiger partial charge in [0.2, 0.25) is 5.91 Å². The molecule has 1 aromatic heterocycles. The second-order valence-electron chi connectivity index (χ2n) is 5.68. The lowest BCUT2D eigenvalue weighted by Gasteiger charge is -2.23. The smallest absolute Gasteiger partial charge is 0.248 e. The zero-order valence-corrected chi connectivity index (χ0v) is 13.9. The second-order valence-corrected chi connectivity index (χ2v) is 5.68. The maximum atomic E-state index is 12.2. The summed E-state index contributed by atoms with van der Waals surface area (Å²) in [7, 11) is 3.91. The number of carbonyl (C=O) groups excluding carboxylic acids is 1. The van der Waals surface area contributed by atoms with Crippen molar-refractivity contribution < 1.29 is 13.9 Å². The van der Waals surface area contributed by atoms with Crippen molar-refractivity contribution in [3.63, 3.8) is 0 Å². The van der Waals surface area contributed by atoms with Crippen LogP contribution in [-0.4, -0.2) is 37.6 Å². The lowest BCUT2D eigenvalue weighted by Crippen LogP contribution is -2.39. The van der Waals surface area contributed by atoms with Crippen LogP contribution in [0.3, 0.4) is 0 Å². The maximum Gasteiger partial charge on any atom is 0.248 e. The molecule has 0 fully saturated rings. The molecule has 0 spiro atoms. The monoisotopic (exact) mass is 316 g/mol. The molecular formula is C18H24N2O3. The number of amides is 1. The Balaban J connectivity index is 1.81. The van der Waals surface area contributed by atoms with E-state index in [1.54, 1.807) is 13.2 Å². The number of nitrogens with zero attached hydrogens (tertiary/aromatic N) is 1.